The fourth-order valence-electron chi connectivity index (χ4n) is 1.76. The van der Waals surface area contributed by atoms with Crippen molar-refractivity contribution in [2.75, 3.05) is 20.1 Å². The van der Waals surface area contributed by atoms with E-state index in [9.17, 15) is 17.2 Å². The lowest BCUT2D eigenvalue weighted by Crippen LogP contribution is -2.28. The first-order chi connectivity index (χ1) is 9.84. The Hall–Kier alpha value is -1.31. The molecule has 0 aliphatic heterocycles. The summed E-state index contributed by atoms with van der Waals surface area (Å²) >= 11 is 0. The molecular weight excluding hydrogens is 298 g/mol. The molecule has 0 amide bonds. The van der Waals surface area contributed by atoms with Gasteiger partial charge in [0.15, 0.2) is 11.6 Å². The lowest BCUT2D eigenvalue weighted by atomic mass is 10.2. The number of sulfonamides is 1. The van der Waals surface area contributed by atoms with Crippen LogP contribution in [0.15, 0.2) is 29.7 Å². The average molecular weight is 318 g/mol. The summed E-state index contributed by atoms with van der Waals surface area (Å²) in [6.45, 7) is 6.40. The van der Waals surface area contributed by atoms with Crippen molar-refractivity contribution in [2.45, 2.75) is 24.8 Å². The van der Waals surface area contributed by atoms with E-state index in [1.165, 1.54) is 13.1 Å². The van der Waals surface area contributed by atoms with Gasteiger partial charge in [-0.25, -0.2) is 17.2 Å². The Morgan fingerprint density at radius 2 is 2.05 bits per heavy atom. The van der Waals surface area contributed by atoms with Crippen LogP contribution in [0.5, 0.6) is 0 Å². The highest BCUT2D eigenvalue weighted by atomic mass is 32.2. The van der Waals surface area contributed by atoms with Crippen LogP contribution in [0.2, 0.25) is 0 Å². The molecular formula is C14H20F2N2O2S. The van der Waals surface area contributed by atoms with E-state index in [4.69, 9.17) is 0 Å². The summed E-state index contributed by atoms with van der Waals surface area (Å²) in [4.78, 5) is -0.653. The summed E-state index contributed by atoms with van der Waals surface area (Å²) in [5.41, 5.74) is 0.382. The lowest BCUT2D eigenvalue weighted by Gasteiger charge is -2.17. The van der Waals surface area contributed by atoms with Gasteiger partial charge in [0.2, 0.25) is 10.0 Å². The van der Waals surface area contributed by atoms with Crippen molar-refractivity contribution in [1.29, 1.82) is 0 Å². The second-order valence-corrected chi connectivity index (χ2v) is 6.65. The zero-order valence-electron chi connectivity index (χ0n) is 12.2. The van der Waals surface area contributed by atoms with Gasteiger partial charge in [0, 0.05) is 20.1 Å². The topological polar surface area (TPSA) is 49.4 Å². The molecule has 0 spiro atoms. The molecule has 1 aromatic carbocycles. The Kier molecular flexibility index (Phi) is 6.44. The van der Waals surface area contributed by atoms with E-state index in [-0.39, 0.29) is 13.1 Å². The molecule has 0 unspecified atom stereocenters. The molecule has 0 heterocycles. The van der Waals surface area contributed by atoms with E-state index in [1.807, 2.05) is 6.92 Å². The number of nitrogens with zero attached hydrogens (tertiary/aromatic N) is 1. The Morgan fingerprint density at radius 1 is 1.38 bits per heavy atom. The van der Waals surface area contributed by atoms with Gasteiger partial charge in [-0.1, -0.05) is 13.0 Å². The molecule has 0 atom stereocenters. The van der Waals surface area contributed by atoms with Crippen LogP contribution in [0.25, 0.3) is 0 Å². The SMILES string of the molecule is C=CCN(C)S(=O)(=O)c1cc(CNCCC)cc(F)c1F. The molecule has 0 aromatic heterocycles. The summed E-state index contributed by atoms with van der Waals surface area (Å²) in [7, 11) is -2.80. The first-order valence-corrected chi connectivity index (χ1v) is 8.04. The highest BCUT2D eigenvalue weighted by Crippen LogP contribution is 2.22. The number of rotatable bonds is 8. The van der Waals surface area contributed by atoms with Crippen molar-refractivity contribution in [3.63, 3.8) is 0 Å². The highest BCUT2D eigenvalue weighted by Gasteiger charge is 2.26. The molecule has 0 aliphatic rings. The summed E-state index contributed by atoms with van der Waals surface area (Å²) in [6.07, 6.45) is 2.26. The van der Waals surface area contributed by atoms with Crippen LogP contribution < -0.4 is 5.32 Å². The van der Waals surface area contributed by atoms with E-state index in [2.05, 4.69) is 11.9 Å². The largest absolute Gasteiger partial charge is 0.313 e. The molecule has 0 radical (unpaired) electrons. The van der Waals surface area contributed by atoms with Crippen molar-refractivity contribution in [1.82, 2.24) is 9.62 Å². The average Bonchev–Trinajstić information content (AvgIpc) is 2.42. The minimum absolute atomic E-state index is 0.0156. The van der Waals surface area contributed by atoms with Gasteiger partial charge in [-0.2, -0.15) is 4.31 Å². The predicted octanol–water partition coefficient (Wildman–Crippen LogP) is 2.27. The van der Waals surface area contributed by atoms with Crippen molar-refractivity contribution in [3.8, 4) is 0 Å². The van der Waals surface area contributed by atoms with Crippen LogP contribution in [0.1, 0.15) is 18.9 Å². The van der Waals surface area contributed by atoms with Crippen molar-refractivity contribution < 1.29 is 17.2 Å². The third kappa shape index (κ3) is 4.33. The molecule has 4 nitrogen and oxygen atoms in total. The van der Waals surface area contributed by atoms with Gasteiger partial charge in [-0.3, -0.25) is 0 Å². The van der Waals surface area contributed by atoms with Crippen LogP contribution in [0.4, 0.5) is 8.78 Å². The maximum absolute atomic E-state index is 13.8. The highest BCUT2D eigenvalue weighted by molar-refractivity contribution is 7.89. The predicted molar refractivity (Wildman–Crippen MR) is 78.4 cm³/mol. The molecule has 0 fully saturated rings. The third-order valence-electron chi connectivity index (χ3n) is 2.88. The van der Waals surface area contributed by atoms with Gasteiger partial charge >= 0.3 is 0 Å². The van der Waals surface area contributed by atoms with Gasteiger partial charge in [-0.05, 0) is 30.7 Å². The van der Waals surface area contributed by atoms with E-state index in [1.54, 1.807) is 0 Å². The molecule has 118 valence electrons. The van der Waals surface area contributed by atoms with Crippen molar-refractivity contribution >= 4 is 10.0 Å². The zero-order chi connectivity index (χ0) is 16.0. The van der Waals surface area contributed by atoms with E-state index >= 15 is 0 Å². The van der Waals surface area contributed by atoms with Crippen LogP contribution in [-0.4, -0.2) is 32.9 Å². The number of halogens is 2. The summed E-state index contributed by atoms with van der Waals surface area (Å²) in [5.74, 6) is -2.53. The van der Waals surface area contributed by atoms with Crippen LogP contribution >= 0.6 is 0 Å². The first-order valence-electron chi connectivity index (χ1n) is 6.60. The number of benzene rings is 1. The molecule has 1 rings (SSSR count). The van der Waals surface area contributed by atoms with Gasteiger partial charge in [0.05, 0.1) is 0 Å². The maximum atomic E-state index is 13.8. The van der Waals surface area contributed by atoms with E-state index in [0.717, 1.165) is 22.9 Å². The fraction of sp³-hybridized carbons (Fsp3) is 0.429. The number of hydrogen-bond donors (Lipinski definition) is 1. The van der Waals surface area contributed by atoms with Crippen LogP contribution in [-0.2, 0) is 16.6 Å². The number of nitrogens with one attached hydrogen (secondary N) is 1. The molecule has 0 saturated carbocycles. The minimum atomic E-state index is -4.09. The van der Waals surface area contributed by atoms with Gasteiger partial charge in [-0.15, -0.1) is 6.58 Å². The maximum Gasteiger partial charge on any atom is 0.246 e. The van der Waals surface area contributed by atoms with Gasteiger partial charge in [0.1, 0.15) is 4.90 Å². The lowest BCUT2D eigenvalue weighted by molar-refractivity contribution is 0.462. The molecule has 21 heavy (non-hydrogen) atoms. The monoisotopic (exact) mass is 318 g/mol. The fourth-order valence-corrected chi connectivity index (χ4v) is 3.03. The second-order valence-electron chi connectivity index (χ2n) is 4.64. The van der Waals surface area contributed by atoms with Crippen molar-refractivity contribution in [2.24, 2.45) is 0 Å². The summed E-state index contributed by atoms with van der Waals surface area (Å²) in [5, 5.41) is 3.02. The van der Waals surface area contributed by atoms with Crippen LogP contribution in [0, 0.1) is 11.6 Å². The summed E-state index contributed by atoms with van der Waals surface area (Å²) in [6, 6.07) is 2.17. The minimum Gasteiger partial charge on any atom is -0.313 e. The standard InChI is InChI=1S/C14H20F2N2O2S/c1-4-6-17-10-11-8-12(15)14(16)13(9-11)21(19,20)18(3)7-5-2/h5,8-9,17H,2,4,6-7,10H2,1,3H3. The molecule has 1 aromatic rings. The molecule has 0 aliphatic carbocycles. The van der Waals surface area contributed by atoms with Gasteiger partial charge in [0.25, 0.3) is 0 Å². The van der Waals surface area contributed by atoms with Gasteiger partial charge < -0.3 is 5.32 Å². The summed E-state index contributed by atoms with van der Waals surface area (Å²) < 4.78 is 52.8. The second kappa shape index (κ2) is 7.63. The molecule has 0 saturated heterocycles. The zero-order valence-corrected chi connectivity index (χ0v) is 13.0. The van der Waals surface area contributed by atoms with Crippen molar-refractivity contribution in [3.05, 3.63) is 42.0 Å². The smallest absolute Gasteiger partial charge is 0.246 e. The quantitative estimate of drug-likeness (QED) is 0.591. The molecule has 0 bridgehead atoms. The number of likely N-dealkylation sites (N-methyl/N-ethyl adjacent to an activating group) is 1. The Labute approximate surface area is 124 Å². The van der Waals surface area contributed by atoms with E-state index in [0.29, 0.717) is 12.1 Å². The molecule has 1 N–H and O–H groups in total. The Bertz CT molecular complexity index is 603. The Balaban J connectivity index is 3.19. The Morgan fingerprint density at radius 3 is 2.62 bits per heavy atom. The van der Waals surface area contributed by atoms with Crippen LogP contribution in [0.3, 0.4) is 0 Å². The normalized spacial score (nSPS) is 11.9. The van der Waals surface area contributed by atoms with E-state index < -0.39 is 26.6 Å². The third-order valence-corrected chi connectivity index (χ3v) is 4.71. The molecule has 7 heteroatoms. The first kappa shape index (κ1) is 17.7. The number of hydrogen-bond acceptors (Lipinski definition) is 3.